The SMILES string of the molecule is O=C(O)Cn1ccc(CCCCO)c1.[W]. The normalized spacial score (nSPS) is 9.67. The van der Waals surface area contributed by atoms with Crippen LogP contribution in [0.4, 0.5) is 0 Å². The molecule has 0 aliphatic carbocycles. The minimum Gasteiger partial charge on any atom is -0.480 e. The molecule has 0 unspecified atom stereocenters. The molecule has 0 spiro atoms. The van der Waals surface area contributed by atoms with Gasteiger partial charge in [0.1, 0.15) is 6.54 Å². The number of aliphatic hydroxyl groups is 1. The zero-order valence-electron chi connectivity index (χ0n) is 8.43. The van der Waals surface area contributed by atoms with Crippen molar-refractivity contribution in [1.29, 1.82) is 0 Å². The minimum absolute atomic E-state index is 0. The van der Waals surface area contributed by atoms with Crippen LogP contribution in [0.3, 0.4) is 0 Å². The van der Waals surface area contributed by atoms with E-state index in [2.05, 4.69) is 0 Å². The predicted octanol–water partition coefficient (Wildman–Crippen LogP) is 0.885. The zero-order valence-corrected chi connectivity index (χ0v) is 11.4. The second-order valence-corrected chi connectivity index (χ2v) is 3.27. The number of carboxylic acid groups (broad SMARTS) is 1. The van der Waals surface area contributed by atoms with E-state index in [1.54, 1.807) is 10.8 Å². The Labute approximate surface area is 103 Å². The molecule has 1 heterocycles. The third-order valence-corrected chi connectivity index (χ3v) is 2.00. The van der Waals surface area contributed by atoms with Crippen LogP contribution in [0.25, 0.3) is 0 Å². The summed E-state index contributed by atoms with van der Waals surface area (Å²) in [6, 6.07) is 1.92. The summed E-state index contributed by atoms with van der Waals surface area (Å²) in [5, 5.41) is 17.1. The molecule has 0 saturated heterocycles. The summed E-state index contributed by atoms with van der Waals surface area (Å²) in [5.41, 5.74) is 1.12. The smallest absolute Gasteiger partial charge is 0.323 e. The Morgan fingerprint density at radius 3 is 2.73 bits per heavy atom. The third-order valence-electron chi connectivity index (χ3n) is 2.00. The Morgan fingerprint density at radius 1 is 1.40 bits per heavy atom. The Bertz CT molecular complexity index is 299. The Balaban J connectivity index is 0.00000196. The average Bonchev–Trinajstić information content (AvgIpc) is 2.52. The molecule has 0 atom stereocenters. The molecule has 0 amide bonds. The largest absolute Gasteiger partial charge is 0.480 e. The molecule has 1 aromatic heterocycles. The first-order valence-electron chi connectivity index (χ1n) is 4.69. The van der Waals surface area contributed by atoms with Gasteiger partial charge in [-0.1, -0.05) is 0 Å². The summed E-state index contributed by atoms with van der Waals surface area (Å²) in [5.74, 6) is -0.831. The van der Waals surface area contributed by atoms with E-state index in [0.29, 0.717) is 0 Å². The van der Waals surface area contributed by atoms with Crippen LogP contribution in [-0.2, 0) is 38.8 Å². The van der Waals surface area contributed by atoms with Gasteiger partial charge < -0.3 is 14.8 Å². The molecule has 0 saturated carbocycles. The fourth-order valence-electron chi connectivity index (χ4n) is 1.33. The van der Waals surface area contributed by atoms with E-state index in [1.165, 1.54) is 0 Å². The van der Waals surface area contributed by atoms with Crippen molar-refractivity contribution < 1.29 is 36.1 Å². The van der Waals surface area contributed by atoms with Crippen molar-refractivity contribution in [1.82, 2.24) is 4.57 Å². The van der Waals surface area contributed by atoms with Gasteiger partial charge in [-0.3, -0.25) is 4.79 Å². The van der Waals surface area contributed by atoms with Gasteiger partial charge in [0.25, 0.3) is 0 Å². The van der Waals surface area contributed by atoms with Crippen LogP contribution in [-0.4, -0.2) is 27.4 Å². The van der Waals surface area contributed by atoms with Gasteiger partial charge in [0.2, 0.25) is 0 Å². The molecule has 15 heavy (non-hydrogen) atoms. The first-order valence-corrected chi connectivity index (χ1v) is 4.69. The fraction of sp³-hybridized carbons (Fsp3) is 0.500. The molecule has 0 fully saturated rings. The molecule has 84 valence electrons. The van der Waals surface area contributed by atoms with E-state index in [-0.39, 0.29) is 34.2 Å². The molecule has 1 rings (SSSR count). The number of aromatic nitrogens is 1. The van der Waals surface area contributed by atoms with Crippen LogP contribution >= 0.6 is 0 Å². The number of hydrogen-bond donors (Lipinski definition) is 2. The zero-order chi connectivity index (χ0) is 10.4. The summed E-state index contributed by atoms with van der Waals surface area (Å²) in [6.45, 7) is 0.232. The summed E-state index contributed by atoms with van der Waals surface area (Å²) >= 11 is 0. The van der Waals surface area contributed by atoms with E-state index in [9.17, 15) is 4.79 Å². The number of carboxylic acids is 1. The Hall–Kier alpha value is -0.602. The average molecular weight is 381 g/mol. The van der Waals surface area contributed by atoms with Gasteiger partial charge >= 0.3 is 5.97 Å². The minimum atomic E-state index is -0.831. The topological polar surface area (TPSA) is 62.5 Å². The van der Waals surface area contributed by atoms with Crippen molar-refractivity contribution in [2.75, 3.05) is 6.61 Å². The van der Waals surface area contributed by atoms with Gasteiger partial charge in [0.05, 0.1) is 0 Å². The van der Waals surface area contributed by atoms with Gasteiger partial charge in [0, 0.05) is 40.1 Å². The van der Waals surface area contributed by atoms with Crippen molar-refractivity contribution in [2.45, 2.75) is 25.8 Å². The molecule has 0 bridgehead atoms. The summed E-state index contributed by atoms with van der Waals surface area (Å²) in [4.78, 5) is 10.4. The molecule has 2 N–H and O–H groups in total. The van der Waals surface area contributed by atoms with Crippen LogP contribution in [0.5, 0.6) is 0 Å². The molecule has 0 aliphatic rings. The number of aryl methyl sites for hydroxylation is 1. The van der Waals surface area contributed by atoms with Crippen molar-refractivity contribution in [3.8, 4) is 0 Å². The van der Waals surface area contributed by atoms with Crippen LogP contribution < -0.4 is 0 Å². The predicted molar refractivity (Wildman–Crippen MR) is 52.1 cm³/mol. The van der Waals surface area contributed by atoms with Gasteiger partial charge in [-0.05, 0) is 30.9 Å². The van der Waals surface area contributed by atoms with E-state index >= 15 is 0 Å². The summed E-state index contributed by atoms with van der Waals surface area (Å²) < 4.78 is 1.65. The maximum Gasteiger partial charge on any atom is 0.323 e. The van der Waals surface area contributed by atoms with Crippen molar-refractivity contribution >= 4 is 5.97 Å². The molecule has 0 aliphatic heterocycles. The number of unbranched alkanes of at least 4 members (excludes halogenated alkanes) is 1. The molecule has 1 aromatic rings. The molecular weight excluding hydrogens is 366 g/mol. The molecule has 0 aromatic carbocycles. The van der Waals surface area contributed by atoms with Gasteiger partial charge in [0.15, 0.2) is 0 Å². The number of nitrogens with zero attached hydrogens (tertiary/aromatic N) is 1. The van der Waals surface area contributed by atoms with Gasteiger partial charge in [-0.2, -0.15) is 0 Å². The third kappa shape index (κ3) is 5.75. The van der Waals surface area contributed by atoms with E-state index < -0.39 is 5.97 Å². The second-order valence-electron chi connectivity index (χ2n) is 3.27. The quantitative estimate of drug-likeness (QED) is 0.720. The fourth-order valence-corrected chi connectivity index (χ4v) is 1.33. The second kappa shape index (κ2) is 7.66. The molecular formula is C10H15NO3W. The maximum absolute atomic E-state index is 10.4. The van der Waals surface area contributed by atoms with Crippen LogP contribution in [0.2, 0.25) is 0 Å². The molecule has 4 nitrogen and oxygen atoms in total. The maximum atomic E-state index is 10.4. The van der Waals surface area contributed by atoms with Crippen LogP contribution in [0.1, 0.15) is 18.4 Å². The number of hydrogen-bond acceptors (Lipinski definition) is 2. The van der Waals surface area contributed by atoms with E-state index in [0.717, 1.165) is 24.8 Å². The first-order chi connectivity index (χ1) is 6.72. The number of aliphatic carboxylic acids is 1. The monoisotopic (exact) mass is 381 g/mol. The van der Waals surface area contributed by atoms with Crippen molar-refractivity contribution in [2.24, 2.45) is 0 Å². The standard InChI is InChI=1S/C10H15NO3.W/c12-6-2-1-3-9-4-5-11(7-9)8-10(13)14;/h4-5,7,12H,1-3,6,8H2,(H,13,14);. The molecule has 0 radical (unpaired) electrons. The Kier molecular flexibility index (Phi) is 7.35. The summed E-state index contributed by atoms with van der Waals surface area (Å²) in [7, 11) is 0. The number of carbonyl (C=O) groups is 1. The van der Waals surface area contributed by atoms with Gasteiger partial charge in [-0.15, -0.1) is 0 Å². The van der Waals surface area contributed by atoms with Crippen molar-refractivity contribution in [3.05, 3.63) is 24.0 Å². The molecule has 5 heteroatoms. The number of aliphatic hydroxyl groups excluding tert-OH is 1. The van der Waals surface area contributed by atoms with E-state index in [1.807, 2.05) is 12.3 Å². The Morgan fingerprint density at radius 2 is 2.13 bits per heavy atom. The first kappa shape index (κ1) is 14.4. The summed E-state index contributed by atoms with van der Waals surface area (Å²) in [6.07, 6.45) is 6.23. The van der Waals surface area contributed by atoms with Crippen LogP contribution in [0, 0.1) is 0 Å². The van der Waals surface area contributed by atoms with Crippen LogP contribution in [0.15, 0.2) is 18.5 Å². The van der Waals surface area contributed by atoms with Crippen molar-refractivity contribution in [3.63, 3.8) is 0 Å². The number of rotatable bonds is 6. The van der Waals surface area contributed by atoms with Gasteiger partial charge in [-0.25, -0.2) is 0 Å². The van der Waals surface area contributed by atoms with E-state index in [4.69, 9.17) is 10.2 Å².